The molecule has 1 aromatic heterocycles. The van der Waals surface area contributed by atoms with Crippen LogP contribution in [-0.4, -0.2) is 25.5 Å². The number of benzene rings is 2. The van der Waals surface area contributed by atoms with E-state index in [2.05, 4.69) is 10.4 Å². The van der Waals surface area contributed by atoms with E-state index in [1.54, 1.807) is 19.1 Å². The lowest BCUT2D eigenvalue weighted by Crippen LogP contribution is -2.15. The van der Waals surface area contributed by atoms with E-state index in [9.17, 15) is 25.0 Å². The summed E-state index contributed by atoms with van der Waals surface area (Å²) >= 11 is 0. The van der Waals surface area contributed by atoms with E-state index in [0.717, 1.165) is 11.8 Å². The number of nitrogens with zero attached hydrogens (tertiary/aromatic N) is 4. The van der Waals surface area contributed by atoms with Gasteiger partial charge in [0.25, 0.3) is 5.69 Å². The fraction of sp³-hybridized carbons (Fsp3) is 0.200. The number of aromatic nitrogens is 2. The van der Waals surface area contributed by atoms with E-state index >= 15 is 0 Å². The number of carbonyl (C=O) groups is 1. The Balaban J connectivity index is 1.73. The van der Waals surface area contributed by atoms with E-state index in [-0.39, 0.29) is 35.8 Å². The van der Waals surface area contributed by atoms with Gasteiger partial charge in [-0.2, -0.15) is 5.10 Å². The molecule has 0 saturated carbocycles. The zero-order valence-corrected chi connectivity index (χ0v) is 16.8. The summed E-state index contributed by atoms with van der Waals surface area (Å²) in [7, 11) is 0. The van der Waals surface area contributed by atoms with Gasteiger partial charge >= 0.3 is 5.69 Å². The number of hydrogen-bond donors (Lipinski definition) is 1. The van der Waals surface area contributed by atoms with E-state index < -0.39 is 15.8 Å². The summed E-state index contributed by atoms with van der Waals surface area (Å²) in [4.78, 5) is 33.4. The summed E-state index contributed by atoms with van der Waals surface area (Å²) < 4.78 is 7.12. The zero-order valence-electron chi connectivity index (χ0n) is 16.8. The summed E-state index contributed by atoms with van der Waals surface area (Å²) in [5, 5.41) is 28.7. The van der Waals surface area contributed by atoms with E-state index in [1.165, 1.54) is 22.9 Å². The number of non-ortho nitro benzene ring substituents is 1. The minimum atomic E-state index is -0.577. The molecule has 1 N–H and O–H groups in total. The number of nitro groups is 2. The largest absolute Gasteiger partial charge is 0.457 e. The van der Waals surface area contributed by atoms with Crippen molar-refractivity contribution in [3.8, 4) is 11.5 Å². The molecule has 11 nitrogen and oxygen atoms in total. The second-order valence-corrected chi connectivity index (χ2v) is 6.73. The highest BCUT2D eigenvalue weighted by molar-refractivity contribution is 5.91. The lowest BCUT2D eigenvalue weighted by Gasteiger charge is -2.11. The average Bonchev–Trinajstić information content (AvgIpc) is 3.08. The molecule has 0 aliphatic rings. The highest BCUT2D eigenvalue weighted by atomic mass is 16.6. The van der Waals surface area contributed by atoms with Crippen LogP contribution in [0.1, 0.15) is 17.7 Å². The molecular weight excluding hydrogens is 406 g/mol. The fourth-order valence-corrected chi connectivity index (χ4v) is 2.89. The number of aryl methyl sites for hydroxylation is 2. The molecule has 1 heterocycles. The van der Waals surface area contributed by atoms with Crippen LogP contribution in [0.2, 0.25) is 0 Å². The first-order valence-corrected chi connectivity index (χ1v) is 9.24. The molecule has 3 rings (SSSR count). The van der Waals surface area contributed by atoms with Crippen LogP contribution in [0.3, 0.4) is 0 Å². The molecule has 0 radical (unpaired) electrons. The Labute approximate surface area is 176 Å². The van der Waals surface area contributed by atoms with Gasteiger partial charge in [-0.3, -0.25) is 29.7 Å². The van der Waals surface area contributed by atoms with Crippen LogP contribution in [0.15, 0.2) is 48.7 Å². The van der Waals surface area contributed by atoms with Crippen LogP contribution in [0, 0.1) is 34.1 Å². The molecule has 0 aliphatic heterocycles. The summed E-state index contributed by atoms with van der Waals surface area (Å²) in [5.74, 6) is 0.313. The van der Waals surface area contributed by atoms with Crippen molar-refractivity contribution in [2.24, 2.45) is 0 Å². The first kappa shape index (κ1) is 21.4. The second kappa shape index (κ2) is 9.03. The van der Waals surface area contributed by atoms with Crippen molar-refractivity contribution >= 4 is 23.0 Å². The highest BCUT2D eigenvalue weighted by Gasteiger charge is 2.17. The van der Waals surface area contributed by atoms with Gasteiger partial charge < -0.3 is 10.1 Å². The van der Waals surface area contributed by atoms with Crippen molar-refractivity contribution < 1.29 is 19.4 Å². The first-order chi connectivity index (χ1) is 14.7. The molecule has 0 spiro atoms. The van der Waals surface area contributed by atoms with Gasteiger partial charge in [0.1, 0.15) is 23.4 Å². The van der Waals surface area contributed by atoms with Gasteiger partial charge in [0.2, 0.25) is 5.91 Å². The maximum Gasteiger partial charge on any atom is 0.309 e. The number of ether oxygens (including phenoxy) is 1. The molecule has 0 aliphatic carbocycles. The normalized spacial score (nSPS) is 10.5. The summed E-state index contributed by atoms with van der Waals surface area (Å²) in [6, 6.07) is 11.2. The minimum absolute atomic E-state index is 0.0314. The Kier molecular flexibility index (Phi) is 6.24. The molecule has 1 amide bonds. The molecule has 0 bridgehead atoms. The quantitative estimate of drug-likeness (QED) is 0.422. The third-order valence-corrected chi connectivity index (χ3v) is 4.53. The van der Waals surface area contributed by atoms with Crippen molar-refractivity contribution in [2.45, 2.75) is 26.8 Å². The predicted molar refractivity (Wildman–Crippen MR) is 111 cm³/mol. The molecule has 0 atom stereocenters. The molecule has 0 fully saturated rings. The van der Waals surface area contributed by atoms with Crippen LogP contribution < -0.4 is 10.1 Å². The van der Waals surface area contributed by atoms with Gasteiger partial charge in [0, 0.05) is 18.6 Å². The molecule has 31 heavy (non-hydrogen) atoms. The van der Waals surface area contributed by atoms with Crippen molar-refractivity contribution in [1.82, 2.24) is 9.78 Å². The van der Waals surface area contributed by atoms with E-state index in [4.69, 9.17) is 4.74 Å². The number of amides is 1. The summed E-state index contributed by atoms with van der Waals surface area (Å²) in [6.07, 6.45) is 1.10. The summed E-state index contributed by atoms with van der Waals surface area (Å²) in [5.41, 5.74) is 1.02. The van der Waals surface area contributed by atoms with E-state index in [1.807, 2.05) is 19.1 Å². The molecule has 2 aromatic carbocycles. The number of hydrogen-bond acceptors (Lipinski definition) is 7. The standard InChI is InChI=1S/C20H19N5O6/c1-13-5-3-4-6-19(13)31-17-10-15(9-16(11-17)24(27)28)22-20(26)7-8-23-14(2)18(12-21-23)25(29)30/h3-6,9-12H,7-8H2,1-2H3,(H,22,26). The lowest BCUT2D eigenvalue weighted by atomic mass is 10.2. The van der Waals surface area contributed by atoms with Gasteiger partial charge in [0.05, 0.1) is 28.1 Å². The Morgan fingerprint density at radius 3 is 2.52 bits per heavy atom. The molecule has 3 aromatic rings. The van der Waals surface area contributed by atoms with Crippen LogP contribution >= 0.6 is 0 Å². The van der Waals surface area contributed by atoms with Crippen molar-refractivity contribution in [1.29, 1.82) is 0 Å². The number of carbonyl (C=O) groups excluding carboxylic acids is 1. The van der Waals surface area contributed by atoms with Gasteiger partial charge in [-0.25, -0.2) is 0 Å². The van der Waals surface area contributed by atoms with Crippen molar-refractivity contribution in [3.63, 3.8) is 0 Å². The predicted octanol–water partition coefficient (Wildman–Crippen LogP) is 4.14. The molecular formula is C20H19N5O6. The highest BCUT2D eigenvalue weighted by Crippen LogP contribution is 2.31. The second-order valence-electron chi connectivity index (χ2n) is 6.73. The van der Waals surface area contributed by atoms with Crippen molar-refractivity contribution in [2.75, 3.05) is 5.32 Å². The Bertz CT molecular complexity index is 1160. The fourth-order valence-electron chi connectivity index (χ4n) is 2.89. The van der Waals surface area contributed by atoms with Crippen molar-refractivity contribution in [3.05, 3.63) is 80.1 Å². The van der Waals surface area contributed by atoms with Gasteiger partial charge in [-0.15, -0.1) is 0 Å². The van der Waals surface area contributed by atoms with Crippen LogP contribution in [-0.2, 0) is 11.3 Å². The maximum absolute atomic E-state index is 12.3. The third-order valence-electron chi connectivity index (χ3n) is 4.53. The number of rotatable bonds is 8. The molecule has 11 heteroatoms. The third kappa shape index (κ3) is 5.21. The maximum atomic E-state index is 12.3. The number of anilines is 1. The monoisotopic (exact) mass is 425 g/mol. The lowest BCUT2D eigenvalue weighted by molar-refractivity contribution is -0.385. The van der Waals surface area contributed by atoms with Gasteiger partial charge in [0.15, 0.2) is 0 Å². The SMILES string of the molecule is Cc1ccccc1Oc1cc(NC(=O)CCn2ncc([N+](=O)[O-])c2C)cc([N+](=O)[O-])c1. The minimum Gasteiger partial charge on any atom is -0.457 e. The summed E-state index contributed by atoms with van der Waals surface area (Å²) in [6.45, 7) is 3.50. The Morgan fingerprint density at radius 1 is 1.13 bits per heavy atom. The Morgan fingerprint density at radius 2 is 1.87 bits per heavy atom. The average molecular weight is 425 g/mol. The first-order valence-electron chi connectivity index (χ1n) is 9.24. The topological polar surface area (TPSA) is 142 Å². The van der Waals surface area contributed by atoms with Gasteiger partial charge in [-0.05, 0) is 25.5 Å². The van der Waals surface area contributed by atoms with E-state index in [0.29, 0.717) is 11.4 Å². The molecule has 0 unspecified atom stereocenters. The number of para-hydroxylation sites is 1. The van der Waals surface area contributed by atoms with Crippen LogP contribution in [0.4, 0.5) is 17.1 Å². The Hall–Kier alpha value is -4.28. The number of nitro benzene ring substituents is 1. The molecule has 0 saturated heterocycles. The van der Waals surface area contributed by atoms with Crippen LogP contribution in [0.5, 0.6) is 11.5 Å². The molecule has 160 valence electrons. The van der Waals surface area contributed by atoms with Crippen LogP contribution in [0.25, 0.3) is 0 Å². The smallest absolute Gasteiger partial charge is 0.309 e. The zero-order chi connectivity index (χ0) is 22.5. The number of nitrogens with one attached hydrogen (secondary N) is 1. The van der Waals surface area contributed by atoms with Gasteiger partial charge in [-0.1, -0.05) is 18.2 Å².